The normalized spacial score (nSPS) is 21.9. The molecule has 2 aliphatic heterocycles. The number of carboxylic acid groups (broad SMARTS) is 1. The number of nitrogens with zero attached hydrogens (tertiary/aromatic N) is 3. The lowest BCUT2D eigenvalue weighted by atomic mass is 9.81. The van der Waals surface area contributed by atoms with E-state index in [-0.39, 0.29) is 17.9 Å². The van der Waals surface area contributed by atoms with Crippen LogP contribution in [0.4, 0.5) is 0 Å². The van der Waals surface area contributed by atoms with Crippen LogP contribution in [0.25, 0.3) is 0 Å². The summed E-state index contributed by atoms with van der Waals surface area (Å²) in [5.41, 5.74) is 2.24. The first-order chi connectivity index (χ1) is 18.5. The number of rotatable bonds is 16. The minimum atomic E-state index is -0.747. The van der Waals surface area contributed by atoms with Crippen molar-refractivity contribution < 1.29 is 23.9 Å². The molecule has 220 valence electrons. The lowest BCUT2D eigenvalue weighted by Gasteiger charge is -2.31. The number of carbonyl (C=O) groups excluding carboxylic acids is 1. The molecule has 4 atom stereocenters. The average Bonchev–Trinajstić information content (AvgIpc) is 3.47. The lowest BCUT2D eigenvalue weighted by Crippen LogP contribution is -2.45. The molecule has 1 N–H and O–H groups in total. The molecule has 1 fully saturated rings. The standard InChI is InChI=1S/C32H53N3O4/c1-7-9-16-33(17-10-11-18-35(4,5)6)30(36)23-34-22-27(25-13-14-29-26(21-25)15-19-39-29)31(32(37)38)28(34)20-24(3)12-8-2/h13-14,21,24,27-28,31H,7-12,15-20,22-23H2,1-6H3/p+1/t24?,27-,28+,31?/m1/s1. The van der Waals surface area contributed by atoms with Crippen molar-refractivity contribution in [1.29, 1.82) is 0 Å². The van der Waals surface area contributed by atoms with E-state index < -0.39 is 11.9 Å². The second-order valence-corrected chi connectivity index (χ2v) is 13.0. The first kappa shape index (κ1) is 31.4. The molecular weight excluding hydrogens is 490 g/mol. The Hall–Kier alpha value is -2.12. The van der Waals surface area contributed by atoms with Crippen LogP contribution in [0, 0.1) is 11.8 Å². The van der Waals surface area contributed by atoms with Gasteiger partial charge in [-0.25, -0.2) is 0 Å². The fourth-order valence-electron chi connectivity index (χ4n) is 6.46. The van der Waals surface area contributed by atoms with Gasteiger partial charge in [-0.3, -0.25) is 14.5 Å². The largest absolute Gasteiger partial charge is 0.493 e. The molecule has 0 spiro atoms. The van der Waals surface area contributed by atoms with Crippen molar-refractivity contribution in [1.82, 2.24) is 9.80 Å². The molecule has 1 aromatic rings. The second-order valence-electron chi connectivity index (χ2n) is 13.0. The third-order valence-corrected chi connectivity index (χ3v) is 8.58. The number of benzene rings is 1. The maximum atomic E-state index is 13.7. The number of carbonyl (C=O) groups is 2. The molecule has 1 amide bonds. The first-order valence-electron chi connectivity index (χ1n) is 15.3. The summed E-state index contributed by atoms with van der Waals surface area (Å²) in [6, 6.07) is 6.06. The number of likely N-dealkylation sites (tertiary alicyclic amines) is 1. The van der Waals surface area contributed by atoms with Crippen LogP contribution in [-0.4, -0.2) is 97.8 Å². The molecular formula is C32H54N3O4+. The third kappa shape index (κ3) is 8.94. The van der Waals surface area contributed by atoms with Crippen LogP contribution in [0.5, 0.6) is 5.75 Å². The molecule has 2 aliphatic rings. The monoisotopic (exact) mass is 544 g/mol. The van der Waals surface area contributed by atoms with Gasteiger partial charge in [0, 0.05) is 38.0 Å². The Balaban J connectivity index is 1.80. The molecule has 0 aromatic heterocycles. The molecule has 2 heterocycles. The predicted molar refractivity (Wildman–Crippen MR) is 157 cm³/mol. The molecule has 3 rings (SSSR count). The highest BCUT2D eigenvalue weighted by Crippen LogP contribution is 2.42. The van der Waals surface area contributed by atoms with E-state index in [1.54, 1.807) is 0 Å². The van der Waals surface area contributed by atoms with Gasteiger partial charge >= 0.3 is 5.97 Å². The summed E-state index contributed by atoms with van der Waals surface area (Å²) in [6.45, 7) is 10.8. The van der Waals surface area contributed by atoms with E-state index in [4.69, 9.17) is 4.74 Å². The highest BCUT2D eigenvalue weighted by molar-refractivity contribution is 5.79. The zero-order chi connectivity index (χ0) is 28.6. The van der Waals surface area contributed by atoms with Gasteiger partial charge in [0.2, 0.25) is 5.91 Å². The van der Waals surface area contributed by atoms with Gasteiger partial charge < -0.3 is 19.2 Å². The number of hydrogen-bond acceptors (Lipinski definition) is 4. The summed E-state index contributed by atoms with van der Waals surface area (Å²) in [5.74, 6) is 0.0799. The zero-order valence-electron chi connectivity index (χ0n) is 25.5. The molecule has 7 nitrogen and oxygen atoms in total. The molecule has 0 radical (unpaired) electrons. The summed E-state index contributed by atoms with van der Waals surface area (Å²) >= 11 is 0. The van der Waals surface area contributed by atoms with E-state index in [2.05, 4.69) is 52.9 Å². The summed E-state index contributed by atoms with van der Waals surface area (Å²) in [5, 5.41) is 10.5. The van der Waals surface area contributed by atoms with Crippen molar-refractivity contribution in [2.75, 3.05) is 60.5 Å². The maximum Gasteiger partial charge on any atom is 0.308 e. The Morgan fingerprint density at radius 3 is 2.54 bits per heavy atom. The molecule has 0 bridgehead atoms. The fourth-order valence-corrected chi connectivity index (χ4v) is 6.46. The molecule has 0 aliphatic carbocycles. The Morgan fingerprint density at radius 2 is 1.87 bits per heavy atom. The molecule has 1 saturated heterocycles. The van der Waals surface area contributed by atoms with Crippen molar-refractivity contribution in [2.45, 2.75) is 84.1 Å². The van der Waals surface area contributed by atoms with E-state index in [0.717, 1.165) is 86.8 Å². The summed E-state index contributed by atoms with van der Waals surface area (Å²) < 4.78 is 6.64. The van der Waals surface area contributed by atoms with E-state index in [1.807, 2.05) is 17.0 Å². The lowest BCUT2D eigenvalue weighted by molar-refractivity contribution is -0.870. The van der Waals surface area contributed by atoms with E-state index in [1.165, 1.54) is 5.56 Å². The quantitative estimate of drug-likeness (QED) is 0.233. The Kier molecular flexibility index (Phi) is 11.7. The maximum absolute atomic E-state index is 13.7. The minimum Gasteiger partial charge on any atom is -0.493 e. The first-order valence-corrected chi connectivity index (χ1v) is 15.3. The number of quaternary nitrogens is 1. The van der Waals surface area contributed by atoms with Gasteiger partial charge in [0.15, 0.2) is 0 Å². The van der Waals surface area contributed by atoms with Crippen molar-refractivity contribution in [3.63, 3.8) is 0 Å². The zero-order valence-corrected chi connectivity index (χ0v) is 25.5. The molecule has 39 heavy (non-hydrogen) atoms. The Morgan fingerprint density at radius 1 is 1.13 bits per heavy atom. The summed E-state index contributed by atoms with van der Waals surface area (Å²) in [6.07, 6.45) is 7.96. The second kappa shape index (κ2) is 14.5. The fraction of sp³-hybridized carbons (Fsp3) is 0.750. The number of fused-ring (bicyclic) bond motifs is 1. The van der Waals surface area contributed by atoms with Gasteiger partial charge in [-0.15, -0.1) is 0 Å². The van der Waals surface area contributed by atoms with Crippen LogP contribution in [0.15, 0.2) is 18.2 Å². The number of aliphatic carboxylic acids is 1. The van der Waals surface area contributed by atoms with Gasteiger partial charge in [-0.2, -0.15) is 0 Å². The van der Waals surface area contributed by atoms with Crippen LogP contribution >= 0.6 is 0 Å². The van der Waals surface area contributed by atoms with Crippen molar-refractivity contribution in [3.8, 4) is 5.75 Å². The number of carboxylic acids is 1. The summed E-state index contributed by atoms with van der Waals surface area (Å²) in [4.78, 5) is 30.8. The Bertz CT molecular complexity index is 944. The minimum absolute atomic E-state index is 0.131. The van der Waals surface area contributed by atoms with Crippen LogP contribution < -0.4 is 4.74 Å². The van der Waals surface area contributed by atoms with Crippen LogP contribution in [0.3, 0.4) is 0 Å². The molecule has 1 aromatic carbocycles. The van der Waals surface area contributed by atoms with Crippen LogP contribution in [0.2, 0.25) is 0 Å². The van der Waals surface area contributed by atoms with Gasteiger partial charge in [-0.05, 0) is 48.8 Å². The third-order valence-electron chi connectivity index (χ3n) is 8.58. The SMILES string of the molecule is CCCCN(CCCC[N+](C)(C)C)C(=O)CN1C[C@H](c2ccc3c(c2)CCO3)C(C(=O)O)[C@@H]1CC(C)CCC. The van der Waals surface area contributed by atoms with E-state index in [9.17, 15) is 14.7 Å². The Labute approximate surface area is 237 Å². The summed E-state index contributed by atoms with van der Waals surface area (Å²) in [7, 11) is 6.61. The van der Waals surface area contributed by atoms with Crippen molar-refractivity contribution in [2.24, 2.45) is 11.8 Å². The van der Waals surface area contributed by atoms with Crippen LogP contribution in [0.1, 0.15) is 82.8 Å². The van der Waals surface area contributed by atoms with Gasteiger partial charge in [0.1, 0.15) is 5.75 Å². The van der Waals surface area contributed by atoms with Crippen LogP contribution in [-0.2, 0) is 16.0 Å². The highest BCUT2D eigenvalue weighted by atomic mass is 16.5. The predicted octanol–water partition coefficient (Wildman–Crippen LogP) is 5.03. The van der Waals surface area contributed by atoms with Gasteiger partial charge in [0.25, 0.3) is 0 Å². The number of amides is 1. The topological polar surface area (TPSA) is 70.1 Å². The molecule has 0 saturated carbocycles. The average molecular weight is 545 g/mol. The number of ether oxygens (including phenoxy) is 1. The highest BCUT2D eigenvalue weighted by Gasteiger charge is 2.47. The van der Waals surface area contributed by atoms with E-state index >= 15 is 0 Å². The number of hydrogen-bond donors (Lipinski definition) is 1. The van der Waals surface area contributed by atoms with Gasteiger partial charge in [-0.1, -0.05) is 52.2 Å². The number of unbranched alkanes of at least 4 members (excludes halogenated alkanes) is 2. The van der Waals surface area contributed by atoms with Crippen molar-refractivity contribution >= 4 is 11.9 Å². The van der Waals surface area contributed by atoms with E-state index in [0.29, 0.717) is 25.6 Å². The van der Waals surface area contributed by atoms with Gasteiger partial charge in [0.05, 0.1) is 46.8 Å². The smallest absolute Gasteiger partial charge is 0.308 e. The molecule has 2 unspecified atom stereocenters. The molecule has 7 heteroatoms. The van der Waals surface area contributed by atoms with Crippen molar-refractivity contribution in [3.05, 3.63) is 29.3 Å².